The second-order valence-corrected chi connectivity index (χ2v) is 14.7. The fraction of sp³-hybridized carbons (Fsp3) is 0.704. The molecule has 1 heterocycles. The molecule has 0 aliphatic carbocycles. The molecule has 216 valence electrons. The van der Waals surface area contributed by atoms with Crippen LogP contribution >= 0.6 is 15.9 Å². The first-order chi connectivity index (χ1) is 17.4. The van der Waals surface area contributed by atoms with Crippen LogP contribution in [0.25, 0.3) is 0 Å². The average Bonchev–Trinajstić information content (AvgIpc) is 2.81. The Labute approximate surface area is 237 Å². The van der Waals surface area contributed by atoms with Gasteiger partial charge in [-0.2, -0.15) is 0 Å². The highest BCUT2D eigenvalue weighted by atomic mass is 79.9. The van der Waals surface area contributed by atoms with Crippen LogP contribution < -0.4 is 4.74 Å². The molecule has 38 heavy (non-hydrogen) atoms. The average molecular weight is 622 g/mol. The number of likely N-dealkylation sites (tertiary alicyclic amines) is 1. The Bertz CT molecular complexity index is 995. The number of methoxy groups -OCH3 is 1. The van der Waals surface area contributed by atoms with Crippen molar-refractivity contribution in [1.82, 2.24) is 9.21 Å². The van der Waals surface area contributed by atoms with Crippen LogP contribution in [-0.4, -0.2) is 74.7 Å². The Kier molecular flexibility index (Phi) is 11.2. The lowest BCUT2D eigenvalue weighted by molar-refractivity contribution is 0.0154. The highest BCUT2D eigenvalue weighted by molar-refractivity contribution is 9.10. The molecule has 1 aromatic carbocycles. The van der Waals surface area contributed by atoms with E-state index in [2.05, 4.69) is 20.7 Å². The van der Waals surface area contributed by atoms with E-state index in [4.69, 9.17) is 9.47 Å². The summed E-state index contributed by atoms with van der Waals surface area (Å²) < 4.78 is 46.3. The molecule has 0 N–H and O–H groups in total. The molecule has 0 radical (unpaired) electrons. The third kappa shape index (κ3) is 8.91. The van der Waals surface area contributed by atoms with Crippen LogP contribution in [-0.2, 0) is 20.5 Å². The van der Waals surface area contributed by atoms with Crippen LogP contribution in [0.2, 0.25) is 0 Å². The number of ether oxygens (including phenoxy) is 3. The predicted molar refractivity (Wildman–Crippen MR) is 150 cm³/mol. The molecule has 8 nitrogen and oxygen atoms in total. The minimum absolute atomic E-state index is 0.0232. The first-order valence-corrected chi connectivity index (χ1v) is 14.7. The Hall–Kier alpha value is -1.72. The number of rotatable bonds is 8. The van der Waals surface area contributed by atoms with Crippen LogP contribution in [0.5, 0.6) is 5.75 Å². The number of esters is 1. The summed E-state index contributed by atoms with van der Waals surface area (Å²) in [6, 6.07) is 2.45. The quantitative estimate of drug-likeness (QED) is 0.334. The SMILES string of the molecule is COC(=O)c1cc(F)c(O[C@H](C)CN([C@@H](C)C2CCN(C(=O)OC(C)(C)C)CC2)S(=O)C(C)(C)C)c(Br)c1. The molecule has 1 aliphatic rings. The summed E-state index contributed by atoms with van der Waals surface area (Å²) in [5, 5.41) is 0. The minimum atomic E-state index is -1.36. The van der Waals surface area contributed by atoms with E-state index in [-0.39, 0.29) is 33.8 Å². The van der Waals surface area contributed by atoms with E-state index < -0.39 is 39.2 Å². The van der Waals surface area contributed by atoms with Crippen LogP contribution in [0.4, 0.5) is 9.18 Å². The van der Waals surface area contributed by atoms with Gasteiger partial charge in [-0.3, -0.25) is 0 Å². The van der Waals surface area contributed by atoms with Crippen molar-refractivity contribution in [3.63, 3.8) is 0 Å². The van der Waals surface area contributed by atoms with Gasteiger partial charge in [0.2, 0.25) is 0 Å². The van der Waals surface area contributed by atoms with Gasteiger partial charge in [0.15, 0.2) is 11.6 Å². The normalized spacial score (nSPS) is 17.6. The highest BCUT2D eigenvalue weighted by Gasteiger charge is 2.37. The lowest BCUT2D eigenvalue weighted by atomic mass is 9.90. The number of benzene rings is 1. The second-order valence-electron chi connectivity index (χ2n) is 11.7. The molecule has 11 heteroatoms. The third-order valence-electron chi connectivity index (χ3n) is 6.24. The summed E-state index contributed by atoms with van der Waals surface area (Å²) in [6.45, 7) is 16.6. The number of hydrogen-bond donors (Lipinski definition) is 0. The van der Waals surface area contributed by atoms with Gasteiger partial charge in [0, 0.05) is 25.7 Å². The summed E-state index contributed by atoms with van der Waals surface area (Å²) in [4.78, 5) is 26.0. The Morgan fingerprint density at radius 3 is 2.21 bits per heavy atom. The number of hydrogen-bond acceptors (Lipinski definition) is 6. The number of carbonyl (C=O) groups is 2. The molecular weight excluding hydrogens is 579 g/mol. The molecular formula is C27H42BrFN2O6S. The first-order valence-electron chi connectivity index (χ1n) is 12.8. The molecule has 0 spiro atoms. The lowest BCUT2D eigenvalue weighted by Crippen LogP contribution is -2.51. The maximum atomic E-state index is 14.8. The van der Waals surface area contributed by atoms with Crippen molar-refractivity contribution in [3.8, 4) is 5.75 Å². The maximum absolute atomic E-state index is 14.8. The summed E-state index contributed by atoms with van der Waals surface area (Å²) in [5.74, 6) is -1.17. The number of halogens is 2. The van der Waals surface area contributed by atoms with Gasteiger partial charge >= 0.3 is 12.1 Å². The van der Waals surface area contributed by atoms with Gasteiger partial charge in [-0.1, -0.05) is 0 Å². The fourth-order valence-electron chi connectivity index (χ4n) is 4.26. The fourth-order valence-corrected chi connectivity index (χ4v) is 6.32. The van der Waals surface area contributed by atoms with Crippen molar-refractivity contribution in [3.05, 3.63) is 28.0 Å². The van der Waals surface area contributed by atoms with Crippen molar-refractivity contribution in [2.75, 3.05) is 26.7 Å². The van der Waals surface area contributed by atoms with Gasteiger partial charge in [-0.05, 0) is 102 Å². The number of carbonyl (C=O) groups excluding carboxylic acids is 2. The van der Waals surface area contributed by atoms with Gasteiger partial charge in [0.05, 0.1) is 21.9 Å². The van der Waals surface area contributed by atoms with Crippen molar-refractivity contribution in [2.24, 2.45) is 5.92 Å². The largest absolute Gasteiger partial charge is 0.485 e. The topological polar surface area (TPSA) is 85.4 Å². The smallest absolute Gasteiger partial charge is 0.410 e. The zero-order valence-electron chi connectivity index (χ0n) is 23.9. The van der Waals surface area contributed by atoms with E-state index in [9.17, 15) is 18.2 Å². The molecule has 0 aromatic heterocycles. The molecule has 0 bridgehead atoms. The van der Waals surface area contributed by atoms with E-state index in [1.165, 1.54) is 13.2 Å². The molecule has 1 saturated heterocycles. The van der Waals surface area contributed by atoms with Crippen molar-refractivity contribution >= 4 is 39.0 Å². The minimum Gasteiger partial charge on any atom is -0.485 e. The molecule has 1 unspecified atom stereocenters. The van der Waals surface area contributed by atoms with E-state index in [1.807, 2.05) is 52.8 Å². The van der Waals surface area contributed by atoms with Gasteiger partial charge in [0.25, 0.3) is 0 Å². The Morgan fingerprint density at radius 2 is 1.74 bits per heavy atom. The van der Waals surface area contributed by atoms with E-state index in [0.717, 1.165) is 18.9 Å². The highest BCUT2D eigenvalue weighted by Crippen LogP contribution is 2.33. The van der Waals surface area contributed by atoms with Gasteiger partial charge in [-0.25, -0.2) is 22.5 Å². The summed E-state index contributed by atoms with van der Waals surface area (Å²) in [6.07, 6.45) is 0.678. The van der Waals surface area contributed by atoms with Gasteiger partial charge < -0.3 is 19.1 Å². The molecule has 3 atom stereocenters. The molecule has 1 amide bonds. The van der Waals surface area contributed by atoms with Crippen LogP contribution in [0.1, 0.15) is 78.6 Å². The summed E-state index contributed by atoms with van der Waals surface area (Å²) in [7, 11) is -0.127. The predicted octanol–water partition coefficient (Wildman–Crippen LogP) is 5.94. The van der Waals surface area contributed by atoms with E-state index >= 15 is 0 Å². The van der Waals surface area contributed by atoms with Crippen molar-refractivity contribution in [1.29, 1.82) is 0 Å². The molecule has 0 saturated carbocycles. The molecule has 1 fully saturated rings. The molecule has 1 aliphatic heterocycles. The zero-order chi connectivity index (χ0) is 29.0. The van der Waals surface area contributed by atoms with Crippen LogP contribution in [0.15, 0.2) is 16.6 Å². The molecule has 1 aromatic rings. The standard InChI is InChI=1S/C27H42BrFN2O6S/c1-17(36-23-21(28)14-20(15-22(23)29)24(32)35-9)16-31(38(34)27(6,7)8)18(2)19-10-12-30(13-11-19)25(33)37-26(3,4)5/h14-15,17-19H,10-13,16H2,1-9H3/t17-,18+,38?/m1/s1. The van der Waals surface area contributed by atoms with Gasteiger partial charge in [0.1, 0.15) is 22.7 Å². The third-order valence-corrected chi connectivity index (χ3v) is 8.78. The number of piperidine rings is 1. The number of nitrogens with zero attached hydrogens (tertiary/aromatic N) is 2. The lowest BCUT2D eigenvalue weighted by Gasteiger charge is -2.41. The van der Waals surface area contributed by atoms with Crippen LogP contribution in [0.3, 0.4) is 0 Å². The van der Waals surface area contributed by atoms with Gasteiger partial charge in [-0.15, -0.1) is 0 Å². The summed E-state index contributed by atoms with van der Waals surface area (Å²) >= 11 is 3.29. The van der Waals surface area contributed by atoms with Crippen molar-refractivity contribution in [2.45, 2.75) is 90.7 Å². The van der Waals surface area contributed by atoms with Crippen molar-refractivity contribution < 1.29 is 32.4 Å². The molecule has 2 rings (SSSR count). The maximum Gasteiger partial charge on any atom is 0.410 e. The number of amides is 1. The zero-order valence-corrected chi connectivity index (χ0v) is 26.3. The Morgan fingerprint density at radius 1 is 1.16 bits per heavy atom. The summed E-state index contributed by atoms with van der Waals surface area (Å²) in [5.41, 5.74) is -0.482. The van der Waals surface area contributed by atoms with E-state index in [0.29, 0.717) is 19.6 Å². The second kappa shape index (κ2) is 13.1. The monoisotopic (exact) mass is 620 g/mol. The first kappa shape index (κ1) is 32.5. The Balaban J connectivity index is 2.15. The van der Waals surface area contributed by atoms with Crippen LogP contribution in [0, 0.1) is 11.7 Å². The van der Waals surface area contributed by atoms with E-state index in [1.54, 1.807) is 11.8 Å².